The molecule has 7 heteroatoms. The number of ether oxygens (including phenoxy) is 1. The van der Waals surface area contributed by atoms with E-state index < -0.39 is 0 Å². The van der Waals surface area contributed by atoms with Crippen molar-refractivity contribution in [1.29, 1.82) is 0 Å². The van der Waals surface area contributed by atoms with Crippen LogP contribution in [-0.2, 0) is 9.53 Å². The van der Waals surface area contributed by atoms with Crippen LogP contribution in [0.3, 0.4) is 0 Å². The van der Waals surface area contributed by atoms with Crippen molar-refractivity contribution >= 4 is 11.9 Å². The molecule has 0 bridgehead atoms. The molecule has 0 aliphatic carbocycles. The molecule has 25 heavy (non-hydrogen) atoms. The summed E-state index contributed by atoms with van der Waals surface area (Å²) in [4.78, 5) is 18.3. The van der Waals surface area contributed by atoms with Crippen LogP contribution in [0.2, 0.25) is 0 Å². The number of nitrogens with zero attached hydrogens (tertiary/aromatic N) is 3. The van der Waals surface area contributed by atoms with Crippen molar-refractivity contribution in [3.63, 3.8) is 0 Å². The zero-order valence-corrected chi connectivity index (χ0v) is 14.7. The summed E-state index contributed by atoms with van der Waals surface area (Å²) in [5, 5.41) is 7.31. The molecular formula is C18H24N4O3. The highest BCUT2D eigenvalue weighted by Gasteiger charge is 2.23. The molecule has 1 amide bonds. The molecule has 1 aliphatic heterocycles. The van der Waals surface area contributed by atoms with Gasteiger partial charge in [-0.25, -0.2) is 0 Å². The minimum Gasteiger partial charge on any atom is -0.384 e. The largest absolute Gasteiger partial charge is 0.384 e. The number of hydrogen-bond donors (Lipinski definition) is 1. The van der Waals surface area contributed by atoms with Crippen LogP contribution in [-0.4, -0.2) is 53.8 Å². The standard InChI is InChI=1S/C18H24N4O3/c1-13-3-5-14(6-4-13)17-20-18(25-21-17)19-15-7-10-22(11-8-15)16(23)9-12-24-2/h3-6,15H,7-12H2,1-2H3,(H,19,20,21). The average Bonchev–Trinajstić information content (AvgIpc) is 3.09. The summed E-state index contributed by atoms with van der Waals surface area (Å²) < 4.78 is 10.3. The lowest BCUT2D eigenvalue weighted by atomic mass is 10.1. The fourth-order valence-electron chi connectivity index (χ4n) is 2.90. The summed E-state index contributed by atoms with van der Waals surface area (Å²) in [6.07, 6.45) is 2.17. The molecule has 1 saturated heterocycles. The summed E-state index contributed by atoms with van der Waals surface area (Å²) in [5.41, 5.74) is 2.12. The fraction of sp³-hybridized carbons (Fsp3) is 0.500. The van der Waals surface area contributed by atoms with Crippen molar-refractivity contribution in [1.82, 2.24) is 15.0 Å². The number of rotatable bonds is 6. The van der Waals surface area contributed by atoms with Gasteiger partial charge in [-0.15, -0.1) is 0 Å². The predicted molar refractivity (Wildman–Crippen MR) is 94.2 cm³/mol. The number of benzene rings is 1. The van der Waals surface area contributed by atoms with Gasteiger partial charge in [-0.2, -0.15) is 4.98 Å². The van der Waals surface area contributed by atoms with E-state index in [1.165, 1.54) is 5.56 Å². The Bertz CT molecular complexity index is 691. The Morgan fingerprint density at radius 2 is 2.04 bits per heavy atom. The van der Waals surface area contributed by atoms with Crippen LogP contribution >= 0.6 is 0 Å². The van der Waals surface area contributed by atoms with E-state index in [9.17, 15) is 4.79 Å². The number of carbonyl (C=O) groups excluding carboxylic acids is 1. The Morgan fingerprint density at radius 1 is 1.32 bits per heavy atom. The molecule has 1 aromatic heterocycles. The molecule has 0 spiro atoms. The van der Waals surface area contributed by atoms with Gasteiger partial charge in [-0.05, 0) is 19.8 Å². The molecule has 1 aromatic carbocycles. The van der Waals surface area contributed by atoms with Gasteiger partial charge in [-0.3, -0.25) is 4.79 Å². The van der Waals surface area contributed by atoms with Crippen LogP contribution in [0.4, 0.5) is 6.01 Å². The van der Waals surface area contributed by atoms with Crippen LogP contribution < -0.4 is 5.32 Å². The molecule has 0 radical (unpaired) electrons. The number of methoxy groups -OCH3 is 1. The second-order valence-corrected chi connectivity index (χ2v) is 6.33. The lowest BCUT2D eigenvalue weighted by Gasteiger charge is -2.32. The van der Waals surface area contributed by atoms with Crippen LogP contribution in [0.25, 0.3) is 11.4 Å². The molecule has 2 heterocycles. The Hall–Kier alpha value is -2.41. The second kappa shape index (κ2) is 8.11. The van der Waals surface area contributed by atoms with Crippen LogP contribution in [0.1, 0.15) is 24.8 Å². The fourth-order valence-corrected chi connectivity index (χ4v) is 2.90. The number of likely N-dealkylation sites (tertiary alicyclic amines) is 1. The first-order valence-corrected chi connectivity index (χ1v) is 8.59. The van der Waals surface area contributed by atoms with Gasteiger partial charge in [0, 0.05) is 31.8 Å². The third-order valence-corrected chi connectivity index (χ3v) is 4.43. The molecule has 0 atom stereocenters. The van der Waals surface area contributed by atoms with Gasteiger partial charge in [0.25, 0.3) is 0 Å². The maximum atomic E-state index is 12.0. The van der Waals surface area contributed by atoms with Gasteiger partial charge in [0.05, 0.1) is 13.0 Å². The molecule has 1 aliphatic rings. The first kappa shape index (κ1) is 17.4. The molecule has 1 N–H and O–H groups in total. The zero-order valence-electron chi connectivity index (χ0n) is 14.7. The van der Waals surface area contributed by atoms with E-state index in [2.05, 4.69) is 15.5 Å². The van der Waals surface area contributed by atoms with Gasteiger partial charge in [0.15, 0.2) is 0 Å². The summed E-state index contributed by atoms with van der Waals surface area (Å²) in [6.45, 7) is 3.98. The smallest absolute Gasteiger partial charge is 0.322 e. The van der Waals surface area contributed by atoms with Gasteiger partial charge < -0.3 is 19.5 Å². The van der Waals surface area contributed by atoms with Crippen molar-refractivity contribution in [3.8, 4) is 11.4 Å². The number of piperidine rings is 1. The summed E-state index contributed by atoms with van der Waals surface area (Å²) in [5.74, 6) is 0.731. The number of amides is 1. The summed E-state index contributed by atoms with van der Waals surface area (Å²) in [7, 11) is 1.61. The van der Waals surface area contributed by atoms with Crippen molar-refractivity contribution in [2.45, 2.75) is 32.2 Å². The van der Waals surface area contributed by atoms with E-state index in [1.807, 2.05) is 36.1 Å². The van der Waals surface area contributed by atoms with Crippen molar-refractivity contribution < 1.29 is 14.1 Å². The number of nitrogens with one attached hydrogen (secondary N) is 1. The number of aromatic nitrogens is 2. The third kappa shape index (κ3) is 4.57. The molecule has 0 unspecified atom stereocenters. The molecule has 2 aromatic rings. The highest BCUT2D eigenvalue weighted by molar-refractivity contribution is 5.76. The second-order valence-electron chi connectivity index (χ2n) is 6.33. The summed E-state index contributed by atoms with van der Waals surface area (Å²) in [6, 6.07) is 8.67. The quantitative estimate of drug-likeness (QED) is 0.867. The lowest BCUT2D eigenvalue weighted by molar-refractivity contribution is -0.133. The maximum Gasteiger partial charge on any atom is 0.322 e. The van der Waals surface area contributed by atoms with Gasteiger partial charge >= 0.3 is 6.01 Å². The zero-order chi connectivity index (χ0) is 17.6. The van der Waals surface area contributed by atoms with E-state index in [1.54, 1.807) is 7.11 Å². The average molecular weight is 344 g/mol. The minimum atomic E-state index is 0.153. The lowest BCUT2D eigenvalue weighted by Crippen LogP contribution is -2.42. The van der Waals surface area contributed by atoms with E-state index in [0.29, 0.717) is 24.9 Å². The summed E-state index contributed by atoms with van der Waals surface area (Å²) >= 11 is 0. The van der Waals surface area contributed by atoms with Gasteiger partial charge in [0.1, 0.15) is 0 Å². The molecule has 134 valence electrons. The van der Waals surface area contributed by atoms with Gasteiger partial charge in [-0.1, -0.05) is 35.0 Å². The molecule has 0 saturated carbocycles. The van der Waals surface area contributed by atoms with E-state index in [0.717, 1.165) is 31.5 Å². The van der Waals surface area contributed by atoms with E-state index in [4.69, 9.17) is 9.26 Å². The molecule has 1 fully saturated rings. The molecule has 7 nitrogen and oxygen atoms in total. The number of hydrogen-bond acceptors (Lipinski definition) is 6. The van der Waals surface area contributed by atoms with E-state index in [-0.39, 0.29) is 11.9 Å². The molecular weight excluding hydrogens is 320 g/mol. The Morgan fingerprint density at radius 3 is 2.72 bits per heavy atom. The first-order valence-electron chi connectivity index (χ1n) is 8.59. The first-order chi connectivity index (χ1) is 12.2. The topological polar surface area (TPSA) is 80.5 Å². The predicted octanol–water partition coefficient (Wildman–Crippen LogP) is 2.48. The maximum absolute atomic E-state index is 12.0. The third-order valence-electron chi connectivity index (χ3n) is 4.43. The highest BCUT2D eigenvalue weighted by atomic mass is 16.5. The minimum absolute atomic E-state index is 0.153. The van der Waals surface area contributed by atoms with Crippen molar-refractivity contribution in [3.05, 3.63) is 29.8 Å². The number of aryl methyl sites for hydroxylation is 1. The number of carbonyl (C=O) groups is 1. The van der Waals surface area contributed by atoms with Crippen molar-refractivity contribution in [2.24, 2.45) is 0 Å². The Kier molecular flexibility index (Phi) is 5.65. The van der Waals surface area contributed by atoms with Crippen molar-refractivity contribution in [2.75, 3.05) is 32.1 Å². The van der Waals surface area contributed by atoms with Crippen LogP contribution in [0, 0.1) is 6.92 Å². The van der Waals surface area contributed by atoms with Gasteiger partial charge in [0.2, 0.25) is 11.7 Å². The van der Waals surface area contributed by atoms with Crippen LogP contribution in [0.5, 0.6) is 0 Å². The number of anilines is 1. The Labute approximate surface area is 147 Å². The SMILES string of the molecule is COCCC(=O)N1CCC(Nc2nc(-c3ccc(C)cc3)no2)CC1. The van der Waals surface area contributed by atoms with Crippen LogP contribution in [0.15, 0.2) is 28.8 Å². The Balaban J connectivity index is 1.51. The normalized spacial score (nSPS) is 15.4. The highest BCUT2D eigenvalue weighted by Crippen LogP contribution is 2.20. The molecule has 3 rings (SSSR count). The monoisotopic (exact) mass is 344 g/mol. The van der Waals surface area contributed by atoms with E-state index >= 15 is 0 Å².